The van der Waals surface area contributed by atoms with E-state index in [0.717, 1.165) is 4.47 Å². The van der Waals surface area contributed by atoms with Crippen molar-refractivity contribution in [2.24, 2.45) is 5.10 Å². The van der Waals surface area contributed by atoms with E-state index in [0.29, 0.717) is 33.4 Å². The number of ether oxygens (including phenoxy) is 2. The van der Waals surface area contributed by atoms with Crippen LogP contribution in [0, 0.1) is 0 Å². The summed E-state index contributed by atoms with van der Waals surface area (Å²) in [7, 11) is 0. The molecule has 3 aromatic rings. The lowest BCUT2D eigenvalue weighted by Crippen LogP contribution is -2.23. The van der Waals surface area contributed by atoms with Gasteiger partial charge in [-0.2, -0.15) is 9.78 Å². The number of rotatable bonds is 6. The Balaban J connectivity index is 2.18. The summed E-state index contributed by atoms with van der Waals surface area (Å²) in [4.78, 5) is 29.3. The number of nitrogens with zero attached hydrogens (tertiary/aromatic N) is 3. The number of benzene rings is 2. The lowest BCUT2D eigenvalue weighted by molar-refractivity contribution is -0.132. The van der Waals surface area contributed by atoms with E-state index in [2.05, 4.69) is 41.9 Å². The Morgan fingerprint density at radius 1 is 1.31 bits per heavy atom. The molecule has 1 aromatic heterocycles. The molecule has 1 heterocycles. The maximum Gasteiger partial charge on any atom is 0.308 e. The summed E-state index contributed by atoms with van der Waals surface area (Å²) in [5, 5.41) is 5.02. The van der Waals surface area contributed by atoms with Crippen molar-refractivity contribution in [2.45, 2.75) is 33.6 Å². The maximum atomic E-state index is 13.2. The predicted molar refractivity (Wildman–Crippen MR) is 132 cm³/mol. The summed E-state index contributed by atoms with van der Waals surface area (Å²) < 4.78 is 13.3. The van der Waals surface area contributed by atoms with Crippen LogP contribution >= 0.6 is 43.5 Å². The van der Waals surface area contributed by atoms with Crippen molar-refractivity contribution < 1.29 is 14.3 Å². The molecule has 0 unspecified atom stereocenters. The van der Waals surface area contributed by atoms with Crippen LogP contribution in [0.3, 0.4) is 0 Å². The van der Waals surface area contributed by atoms with Crippen LogP contribution in [0.4, 0.5) is 0 Å². The average Bonchev–Trinajstić information content (AvgIpc) is 2.73. The summed E-state index contributed by atoms with van der Waals surface area (Å²) in [5.41, 5.74) is 0.840. The highest BCUT2D eigenvalue weighted by molar-refractivity contribution is 9.10. The molecule has 3 rings (SSSR count). The third-order valence-corrected chi connectivity index (χ3v) is 6.30. The highest BCUT2D eigenvalue weighted by Crippen LogP contribution is 2.42. The Kier molecular flexibility index (Phi) is 7.74. The quantitative estimate of drug-likeness (QED) is 0.204. The van der Waals surface area contributed by atoms with Gasteiger partial charge in [0.15, 0.2) is 11.5 Å². The maximum absolute atomic E-state index is 13.2. The minimum atomic E-state index is -0.525. The molecule has 168 valence electrons. The Labute approximate surface area is 206 Å². The summed E-state index contributed by atoms with van der Waals surface area (Å²) in [6.45, 7) is 7.29. The van der Waals surface area contributed by atoms with Crippen molar-refractivity contribution in [3.05, 3.63) is 60.0 Å². The van der Waals surface area contributed by atoms with Gasteiger partial charge < -0.3 is 9.47 Å². The number of hydrogen-bond acceptors (Lipinski definition) is 6. The van der Waals surface area contributed by atoms with E-state index in [1.165, 1.54) is 17.8 Å². The standard InChI is InChI=1S/C22H20Br2ClN3O4/c1-5-31-17-8-13(18(24)19(25)20(17)32-12(4)29)10-26-28-21(11(2)3)27-16-7-6-14(23)9-15(16)22(28)30/h6-11H,5H2,1-4H3. The number of halogens is 3. The fraction of sp³-hybridized carbons (Fsp3) is 0.273. The molecule has 0 amide bonds. The second-order valence-electron chi connectivity index (χ2n) is 7.10. The SMILES string of the molecule is CCOc1cc(C=Nn2c(C(C)C)nc3ccc(Br)cc3c2=O)c(Br)c(Cl)c1OC(C)=O. The van der Waals surface area contributed by atoms with Gasteiger partial charge in [0.05, 0.1) is 23.7 Å². The van der Waals surface area contributed by atoms with E-state index < -0.39 is 5.97 Å². The molecular formula is C22H20Br2ClN3O4. The zero-order valence-electron chi connectivity index (χ0n) is 17.8. The molecule has 0 radical (unpaired) electrons. The molecule has 0 aliphatic heterocycles. The fourth-order valence-corrected chi connectivity index (χ4v) is 3.97. The first-order valence-corrected chi connectivity index (χ1v) is 11.7. The summed E-state index contributed by atoms with van der Waals surface area (Å²) >= 11 is 13.2. The number of esters is 1. The molecule has 0 aliphatic carbocycles. The van der Waals surface area contributed by atoms with Crippen LogP contribution in [0.5, 0.6) is 11.5 Å². The van der Waals surface area contributed by atoms with Gasteiger partial charge in [0.2, 0.25) is 0 Å². The summed E-state index contributed by atoms with van der Waals surface area (Å²) in [6.07, 6.45) is 1.48. The van der Waals surface area contributed by atoms with Crippen LogP contribution in [0.1, 0.15) is 45.0 Å². The zero-order chi connectivity index (χ0) is 23.6. The monoisotopic (exact) mass is 583 g/mol. The highest BCUT2D eigenvalue weighted by atomic mass is 79.9. The Hall–Kier alpha value is -2.23. The van der Waals surface area contributed by atoms with Gasteiger partial charge in [-0.05, 0) is 47.1 Å². The van der Waals surface area contributed by atoms with Gasteiger partial charge in [-0.25, -0.2) is 4.98 Å². The minimum Gasteiger partial charge on any atom is -0.490 e. The van der Waals surface area contributed by atoms with E-state index in [1.54, 1.807) is 25.1 Å². The van der Waals surface area contributed by atoms with Crippen molar-refractivity contribution in [1.29, 1.82) is 0 Å². The molecule has 10 heteroatoms. The molecule has 7 nitrogen and oxygen atoms in total. The second-order valence-corrected chi connectivity index (χ2v) is 9.18. The predicted octanol–water partition coefficient (Wildman–Crippen LogP) is 5.90. The Morgan fingerprint density at radius 2 is 2.03 bits per heavy atom. The van der Waals surface area contributed by atoms with Crippen LogP contribution < -0.4 is 15.0 Å². The first-order chi connectivity index (χ1) is 15.1. The van der Waals surface area contributed by atoms with Crippen LogP contribution in [-0.2, 0) is 4.79 Å². The molecule has 0 bridgehead atoms. The van der Waals surface area contributed by atoms with Crippen molar-refractivity contribution >= 4 is 66.5 Å². The summed E-state index contributed by atoms with van der Waals surface area (Å²) in [6, 6.07) is 6.98. The molecule has 0 N–H and O–H groups in total. The Morgan fingerprint density at radius 3 is 2.66 bits per heavy atom. The molecule has 0 spiro atoms. The van der Waals surface area contributed by atoms with Gasteiger partial charge in [0, 0.05) is 27.4 Å². The van der Waals surface area contributed by atoms with Crippen molar-refractivity contribution in [1.82, 2.24) is 9.66 Å². The molecule has 0 atom stereocenters. The lowest BCUT2D eigenvalue weighted by Gasteiger charge is -2.15. The third kappa shape index (κ3) is 5.05. The average molecular weight is 586 g/mol. The molecule has 0 saturated carbocycles. The number of fused-ring (bicyclic) bond motifs is 1. The van der Waals surface area contributed by atoms with Crippen LogP contribution in [0.25, 0.3) is 10.9 Å². The van der Waals surface area contributed by atoms with Crippen LogP contribution in [0.2, 0.25) is 5.02 Å². The topological polar surface area (TPSA) is 82.8 Å². The number of carbonyl (C=O) groups excluding carboxylic acids is 1. The largest absolute Gasteiger partial charge is 0.490 e. The van der Waals surface area contributed by atoms with Gasteiger partial charge in [0.1, 0.15) is 10.8 Å². The first-order valence-electron chi connectivity index (χ1n) is 9.73. The normalized spacial score (nSPS) is 11.5. The van der Waals surface area contributed by atoms with E-state index in [4.69, 9.17) is 21.1 Å². The van der Waals surface area contributed by atoms with Gasteiger partial charge >= 0.3 is 5.97 Å². The Bertz CT molecular complexity index is 1290. The zero-order valence-corrected chi connectivity index (χ0v) is 21.7. The van der Waals surface area contributed by atoms with Crippen molar-refractivity contribution in [3.63, 3.8) is 0 Å². The third-order valence-electron chi connectivity index (χ3n) is 4.36. The number of hydrogen-bond donors (Lipinski definition) is 0. The van der Waals surface area contributed by atoms with Gasteiger partial charge in [-0.15, -0.1) is 0 Å². The number of carbonyl (C=O) groups is 1. The highest BCUT2D eigenvalue weighted by Gasteiger charge is 2.19. The van der Waals surface area contributed by atoms with Gasteiger partial charge in [-0.3, -0.25) is 9.59 Å². The van der Waals surface area contributed by atoms with Crippen LogP contribution in [0.15, 0.2) is 43.1 Å². The molecule has 2 aromatic carbocycles. The van der Waals surface area contributed by atoms with Gasteiger partial charge in [0.25, 0.3) is 5.56 Å². The van der Waals surface area contributed by atoms with Crippen LogP contribution in [-0.4, -0.2) is 28.5 Å². The smallest absolute Gasteiger partial charge is 0.308 e. The molecule has 0 saturated heterocycles. The van der Waals surface area contributed by atoms with E-state index in [1.807, 2.05) is 19.9 Å². The lowest BCUT2D eigenvalue weighted by atomic mass is 10.2. The first kappa shape index (κ1) is 24.4. The number of aromatic nitrogens is 2. The molecule has 0 aliphatic rings. The van der Waals surface area contributed by atoms with Crippen molar-refractivity contribution in [3.8, 4) is 11.5 Å². The van der Waals surface area contributed by atoms with E-state index in [-0.39, 0.29) is 28.0 Å². The molecular weight excluding hydrogens is 566 g/mol. The van der Waals surface area contributed by atoms with E-state index >= 15 is 0 Å². The van der Waals surface area contributed by atoms with Crippen molar-refractivity contribution in [2.75, 3.05) is 6.61 Å². The molecule has 32 heavy (non-hydrogen) atoms. The second kappa shape index (κ2) is 10.1. The fourth-order valence-electron chi connectivity index (χ4n) is 2.97. The minimum absolute atomic E-state index is 0.0507. The van der Waals surface area contributed by atoms with Gasteiger partial charge in [-0.1, -0.05) is 41.4 Å². The summed E-state index contributed by atoms with van der Waals surface area (Å²) in [5.74, 6) is 0.342. The molecule has 0 fully saturated rings. The van der Waals surface area contributed by atoms with E-state index in [9.17, 15) is 9.59 Å².